The number of piperazine rings is 1. The Bertz CT molecular complexity index is 1750. The first-order valence-electron chi connectivity index (χ1n) is 15.0. The number of ether oxygens (including phenoxy) is 1. The van der Waals surface area contributed by atoms with Crippen molar-refractivity contribution in [3.63, 3.8) is 0 Å². The molecule has 42 heavy (non-hydrogen) atoms. The Morgan fingerprint density at radius 1 is 1.07 bits per heavy atom. The molecule has 0 amide bonds. The molecule has 2 aromatic heterocycles. The van der Waals surface area contributed by atoms with Crippen molar-refractivity contribution in [3.8, 4) is 17.8 Å². The lowest BCUT2D eigenvalue weighted by Crippen LogP contribution is -2.51. The molecule has 7 rings (SSSR count). The number of likely N-dealkylation sites (tertiary alicyclic amines) is 1. The maximum atomic E-state index is 14.5. The first-order valence-corrected chi connectivity index (χ1v) is 15.0. The van der Waals surface area contributed by atoms with E-state index in [1.54, 1.807) is 4.57 Å². The second-order valence-electron chi connectivity index (χ2n) is 11.9. The van der Waals surface area contributed by atoms with Gasteiger partial charge in [-0.3, -0.25) is 9.36 Å². The fourth-order valence-electron chi connectivity index (χ4n) is 6.60. The normalized spacial score (nSPS) is 21.2. The molecule has 0 bridgehead atoms. The summed E-state index contributed by atoms with van der Waals surface area (Å²) in [7, 11) is 2.11. The van der Waals surface area contributed by atoms with Gasteiger partial charge in [-0.1, -0.05) is 30.3 Å². The van der Waals surface area contributed by atoms with Crippen molar-refractivity contribution in [2.45, 2.75) is 57.0 Å². The number of rotatable bonds is 7. The maximum Gasteiger partial charge on any atom is 0.319 e. The third-order valence-corrected chi connectivity index (χ3v) is 8.99. The van der Waals surface area contributed by atoms with Crippen LogP contribution < -0.4 is 20.5 Å². The van der Waals surface area contributed by atoms with Gasteiger partial charge < -0.3 is 19.9 Å². The summed E-state index contributed by atoms with van der Waals surface area (Å²) in [4.78, 5) is 33.4. The number of anilines is 1. The van der Waals surface area contributed by atoms with Crippen molar-refractivity contribution in [1.82, 2.24) is 29.7 Å². The first kappa shape index (κ1) is 26.8. The third-order valence-electron chi connectivity index (χ3n) is 8.99. The molecule has 10 heteroatoms. The molecule has 1 N–H and O–H groups in total. The fourth-order valence-corrected chi connectivity index (χ4v) is 6.60. The summed E-state index contributed by atoms with van der Waals surface area (Å²) in [5.41, 5.74) is 2.60. The molecule has 4 heterocycles. The number of benzene rings is 2. The van der Waals surface area contributed by atoms with Crippen LogP contribution in [-0.4, -0.2) is 76.3 Å². The minimum Gasteiger partial charge on any atom is -0.462 e. The summed E-state index contributed by atoms with van der Waals surface area (Å²) in [6, 6.07) is 15.3. The van der Waals surface area contributed by atoms with E-state index >= 15 is 0 Å². The van der Waals surface area contributed by atoms with Crippen LogP contribution in [0.15, 0.2) is 41.2 Å². The minimum atomic E-state index is -0.231. The Morgan fingerprint density at radius 3 is 2.67 bits per heavy atom. The fraction of sp³-hybridized carbons (Fsp3) is 0.469. The van der Waals surface area contributed by atoms with Crippen LogP contribution in [0.2, 0.25) is 0 Å². The van der Waals surface area contributed by atoms with Crippen LogP contribution in [0, 0.1) is 18.3 Å². The monoisotopic (exact) mass is 564 g/mol. The van der Waals surface area contributed by atoms with Crippen molar-refractivity contribution in [1.29, 1.82) is 5.26 Å². The average Bonchev–Trinajstić information content (AvgIpc) is 3.77. The molecule has 0 radical (unpaired) electrons. The standard InChI is InChI=1S/C32H36N8O2/c1-20-35-28-29(31(41)40(20)26-10-4-7-22-6-3-9-25(27(22)26)21-11-12-21)36-32(42-19-24-8-5-16-38(24)2)37-30(28)39-17-15-34-23(18-39)13-14-33/h3-4,6-7,9-10,21,23-24,34H,5,8,11-13,15-19H2,1-2H3. The van der Waals surface area contributed by atoms with Gasteiger partial charge in [0.1, 0.15) is 17.9 Å². The Balaban J connectivity index is 1.39. The van der Waals surface area contributed by atoms with Gasteiger partial charge in [-0.25, -0.2) is 4.98 Å². The lowest BCUT2D eigenvalue weighted by Gasteiger charge is -2.34. The molecule has 4 aromatic rings. The van der Waals surface area contributed by atoms with E-state index in [0.717, 1.165) is 35.8 Å². The summed E-state index contributed by atoms with van der Waals surface area (Å²) in [6.45, 7) is 5.35. The molecule has 10 nitrogen and oxygen atoms in total. The van der Waals surface area contributed by atoms with Gasteiger partial charge in [0.25, 0.3) is 5.56 Å². The van der Waals surface area contributed by atoms with E-state index in [2.05, 4.69) is 52.5 Å². The predicted molar refractivity (Wildman–Crippen MR) is 163 cm³/mol. The van der Waals surface area contributed by atoms with Crippen LogP contribution in [0.25, 0.3) is 27.5 Å². The van der Waals surface area contributed by atoms with Gasteiger partial charge in [0.15, 0.2) is 11.3 Å². The zero-order valence-corrected chi connectivity index (χ0v) is 24.2. The number of nitrogens with one attached hydrogen (secondary N) is 1. The van der Waals surface area contributed by atoms with E-state index in [1.165, 1.54) is 18.4 Å². The predicted octanol–water partition coefficient (Wildman–Crippen LogP) is 3.68. The van der Waals surface area contributed by atoms with Crippen LogP contribution in [0.5, 0.6) is 6.01 Å². The van der Waals surface area contributed by atoms with E-state index < -0.39 is 0 Å². The van der Waals surface area contributed by atoms with E-state index in [9.17, 15) is 10.1 Å². The number of hydrogen-bond donors (Lipinski definition) is 1. The van der Waals surface area contributed by atoms with Crippen LogP contribution in [-0.2, 0) is 0 Å². The topological polar surface area (TPSA) is 112 Å². The van der Waals surface area contributed by atoms with Gasteiger partial charge in [-0.2, -0.15) is 15.2 Å². The Labute approximate surface area is 244 Å². The highest BCUT2D eigenvalue weighted by atomic mass is 16.5. The SMILES string of the molecule is Cc1nc2c(N3CCNC(CC#N)C3)nc(OCC3CCCN3C)nc2c(=O)n1-c1cccc2cccc(C3CC3)c12. The number of likely N-dealkylation sites (N-methyl/N-ethyl adjacent to an activating group) is 1. The van der Waals surface area contributed by atoms with Gasteiger partial charge in [-0.05, 0) is 69.1 Å². The van der Waals surface area contributed by atoms with E-state index in [-0.39, 0.29) is 29.2 Å². The Morgan fingerprint density at radius 2 is 1.90 bits per heavy atom. The molecule has 2 unspecified atom stereocenters. The van der Waals surface area contributed by atoms with E-state index in [0.29, 0.717) is 55.7 Å². The summed E-state index contributed by atoms with van der Waals surface area (Å²) in [5.74, 6) is 1.69. The van der Waals surface area contributed by atoms with Crippen molar-refractivity contribution in [2.24, 2.45) is 0 Å². The number of nitrogens with zero attached hydrogens (tertiary/aromatic N) is 7. The largest absolute Gasteiger partial charge is 0.462 e. The zero-order chi connectivity index (χ0) is 28.8. The average molecular weight is 565 g/mol. The van der Waals surface area contributed by atoms with Gasteiger partial charge in [0.2, 0.25) is 0 Å². The Hall–Kier alpha value is -4.07. The molecule has 1 saturated carbocycles. The van der Waals surface area contributed by atoms with Crippen molar-refractivity contribution in [2.75, 3.05) is 44.7 Å². The smallest absolute Gasteiger partial charge is 0.319 e. The van der Waals surface area contributed by atoms with Crippen molar-refractivity contribution >= 4 is 27.6 Å². The second kappa shape index (κ2) is 11.0. The molecule has 2 saturated heterocycles. The molecular weight excluding hydrogens is 528 g/mol. The van der Waals surface area contributed by atoms with Gasteiger partial charge in [0, 0.05) is 37.1 Å². The number of fused-ring (bicyclic) bond motifs is 2. The number of nitriles is 1. The van der Waals surface area contributed by atoms with Crippen LogP contribution >= 0.6 is 0 Å². The molecule has 1 aliphatic carbocycles. The molecule has 2 aromatic carbocycles. The number of hydrogen-bond acceptors (Lipinski definition) is 9. The number of aryl methyl sites for hydroxylation is 1. The highest BCUT2D eigenvalue weighted by Gasteiger charge is 2.29. The van der Waals surface area contributed by atoms with Gasteiger partial charge >= 0.3 is 6.01 Å². The molecule has 2 atom stereocenters. The second-order valence-corrected chi connectivity index (χ2v) is 11.9. The first-order chi connectivity index (χ1) is 20.5. The quantitative estimate of drug-likeness (QED) is 0.359. The number of aromatic nitrogens is 4. The third kappa shape index (κ3) is 4.86. The van der Waals surface area contributed by atoms with Crippen LogP contribution in [0.1, 0.15) is 49.4 Å². The summed E-state index contributed by atoms with van der Waals surface area (Å²) >= 11 is 0. The zero-order valence-electron chi connectivity index (χ0n) is 24.2. The van der Waals surface area contributed by atoms with Crippen molar-refractivity contribution < 1.29 is 4.74 Å². The lowest BCUT2D eigenvalue weighted by atomic mass is 9.99. The summed E-state index contributed by atoms with van der Waals surface area (Å²) in [5, 5.41) is 14.9. The molecule has 2 aliphatic heterocycles. The molecule has 216 valence electrons. The minimum absolute atomic E-state index is 0.00303. The van der Waals surface area contributed by atoms with Crippen LogP contribution in [0.4, 0.5) is 5.82 Å². The highest BCUT2D eigenvalue weighted by Crippen LogP contribution is 2.44. The Kier molecular flexibility index (Phi) is 7.00. The molecule has 3 fully saturated rings. The lowest BCUT2D eigenvalue weighted by molar-refractivity contribution is 0.188. The summed E-state index contributed by atoms with van der Waals surface area (Å²) in [6.07, 6.45) is 4.92. The van der Waals surface area contributed by atoms with Crippen LogP contribution in [0.3, 0.4) is 0 Å². The van der Waals surface area contributed by atoms with E-state index in [1.807, 2.05) is 19.1 Å². The van der Waals surface area contributed by atoms with Gasteiger partial charge in [-0.15, -0.1) is 0 Å². The molecule has 0 spiro atoms. The van der Waals surface area contributed by atoms with Gasteiger partial charge in [0.05, 0.1) is 18.2 Å². The molecule has 3 aliphatic rings. The highest BCUT2D eigenvalue weighted by molar-refractivity contribution is 5.94. The molecular formula is C32H36N8O2. The summed E-state index contributed by atoms with van der Waals surface area (Å²) < 4.78 is 7.91. The van der Waals surface area contributed by atoms with Crippen molar-refractivity contribution in [3.05, 3.63) is 58.1 Å². The van der Waals surface area contributed by atoms with E-state index in [4.69, 9.17) is 19.7 Å². The maximum absolute atomic E-state index is 14.5.